The summed E-state index contributed by atoms with van der Waals surface area (Å²) in [6, 6.07) is 0.0527. The minimum absolute atomic E-state index is 0.0256. The molecule has 0 amide bonds. The highest BCUT2D eigenvalue weighted by Gasteiger charge is 2.48. The summed E-state index contributed by atoms with van der Waals surface area (Å²) in [4.78, 5) is 23.4. The molecule has 2 fully saturated rings. The second-order valence-electron chi connectivity index (χ2n) is 6.88. The maximum atomic E-state index is 12.3. The number of rotatable bonds is 3. The van der Waals surface area contributed by atoms with Crippen molar-refractivity contribution in [2.24, 2.45) is 11.1 Å². The molecule has 2 N–H and O–H groups in total. The number of nitrogens with zero attached hydrogens (tertiary/aromatic N) is 3. The van der Waals surface area contributed by atoms with E-state index in [1.165, 1.54) is 0 Å². The third-order valence-electron chi connectivity index (χ3n) is 5.37. The van der Waals surface area contributed by atoms with Gasteiger partial charge < -0.3 is 20.1 Å². The molecule has 0 aromatic carbocycles. The molecule has 0 aliphatic carbocycles. The number of hydrogen-bond donors (Lipinski definition) is 1. The van der Waals surface area contributed by atoms with Crippen molar-refractivity contribution >= 4 is 27.7 Å². The summed E-state index contributed by atoms with van der Waals surface area (Å²) in [5.41, 5.74) is 7.42. The summed E-state index contributed by atoms with van der Waals surface area (Å²) in [5.74, 6) is 0.148. The van der Waals surface area contributed by atoms with E-state index < -0.39 is 5.97 Å². The number of carbonyl (C=O) groups is 1. The van der Waals surface area contributed by atoms with E-state index in [0.717, 1.165) is 31.6 Å². The Morgan fingerprint density at radius 3 is 2.68 bits per heavy atom. The number of esters is 1. The average molecular weight is 413 g/mol. The second kappa shape index (κ2) is 7.17. The van der Waals surface area contributed by atoms with Crippen molar-refractivity contribution < 1.29 is 14.3 Å². The maximum absolute atomic E-state index is 12.3. The van der Waals surface area contributed by atoms with Crippen molar-refractivity contribution in [2.75, 3.05) is 31.2 Å². The largest absolute Gasteiger partial charge is 0.461 e. The van der Waals surface area contributed by atoms with Crippen LogP contribution in [0.5, 0.6) is 0 Å². The van der Waals surface area contributed by atoms with Gasteiger partial charge in [-0.2, -0.15) is 0 Å². The Labute approximate surface area is 156 Å². The summed E-state index contributed by atoms with van der Waals surface area (Å²) >= 11 is 3.35. The van der Waals surface area contributed by atoms with Crippen LogP contribution in [0.15, 0.2) is 4.60 Å². The van der Waals surface area contributed by atoms with Crippen LogP contribution in [0.1, 0.15) is 42.9 Å². The predicted octanol–water partition coefficient (Wildman–Crippen LogP) is 2.06. The molecule has 2 atom stereocenters. The number of hydrogen-bond acceptors (Lipinski definition) is 7. The minimum Gasteiger partial charge on any atom is -0.461 e. The standard InChI is InChI=1S/C17H25BrN4O3/c1-4-24-16(23)12-15(20-10(2)14(18)21-12)22-7-5-17(6-8-22)9-25-11(3)13(17)19/h11,13H,4-9,19H2,1-3H3/t11-,13+/m0/s1. The van der Waals surface area contributed by atoms with E-state index in [4.69, 9.17) is 15.2 Å². The third kappa shape index (κ3) is 3.39. The van der Waals surface area contributed by atoms with Crippen LogP contribution in [-0.2, 0) is 9.47 Å². The lowest BCUT2D eigenvalue weighted by molar-refractivity contribution is 0.0519. The van der Waals surface area contributed by atoms with Crippen molar-refractivity contribution in [1.29, 1.82) is 0 Å². The number of aryl methyl sites for hydroxylation is 1. The van der Waals surface area contributed by atoms with Crippen LogP contribution in [0.25, 0.3) is 0 Å². The van der Waals surface area contributed by atoms with E-state index in [0.29, 0.717) is 23.6 Å². The Bertz CT molecular complexity index is 662. The Hall–Kier alpha value is -1.25. The molecule has 3 heterocycles. The number of anilines is 1. The number of halogens is 1. The zero-order chi connectivity index (χ0) is 18.2. The van der Waals surface area contributed by atoms with Gasteiger partial charge in [0.25, 0.3) is 0 Å². The first kappa shape index (κ1) is 18.5. The molecule has 7 nitrogen and oxygen atoms in total. The predicted molar refractivity (Wildman–Crippen MR) is 97.7 cm³/mol. The fourth-order valence-electron chi connectivity index (χ4n) is 3.68. The van der Waals surface area contributed by atoms with Gasteiger partial charge in [-0.15, -0.1) is 0 Å². The van der Waals surface area contributed by atoms with Gasteiger partial charge in [-0.1, -0.05) is 0 Å². The van der Waals surface area contributed by atoms with Gasteiger partial charge in [0.1, 0.15) is 4.60 Å². The van der Waals surface area contributed by atoms with Gasteiger partial charge in [0.05, 0.1) is 25.0 Å². The van der Waals surface area contributed by atoms with Gasteiger partial charge in [0, 0.05) is 24.5 Å². The lowest BCUT2D eigenvalue weighted by atomic mass is 9.73. The van der Waals surface area contributed by atoms with E-state index in [2.05, 4.69) is 30.8 Å². The monoisotopic (exact) mass is 412 g/mol. The first-order valence-corrected chi connectivity index (χ1v) is 9.50. The normalized spacial score (nSPS) is 25.4. The van der Waals surface area contributed by atoms with Gasteiger partial charge in [-0.3, -0.25) is 0 Å². The quantitative estimate of drug-likeness (QED) is 0.759. The van der Waals surface area contributed by atoms with Crippen molar-refractivity contribution in [3.8, 4) is 0 Å². The molecular weight excluding hydrogens is 388 g/mol. The highest BCUT2D eigenvalue weighted by molar-refractivity contribution is 9.10. The number of nitrogens with two attached hydrogens (primary N) is 1. The van der Waals surface area contributed by atoms with Gasteiger partial charge in [0.2, 0.25) is 0 Å². The summed E-state index contributed by atoms with van der Waals surface area (Å²) in [7, 11) is 0. The lowest BCUT2D eigenvalue weighted by Gasteiger charge is -2.41. The van der Waals surface area contributed by atoms with Crippen molar-refractivity contribution in [3.05, 3.63) is 16.0 Å². The fourth-order valence-corrected chi connectivity index (χ4v) is 3.95. The zero-order valence-electron chi connectivity index (χ0n) is 14.9. The van der Waals surface area contributed by atoms with Crippen molar-refractivity contribution in [2.45, 2.75) is 45.8 Å². The van der Waals surface area contributed by atoms with Crippen molar-refractivity contribution in [1.82, 2.24) is 9.97 Å². The number of piperidine rings is 1. The van der Waals surface area contributed by atoms with Crippen molar-refractivity contribution in [3.63, 3.8) is 0 Å². The smallest absolute Gasteiger partial charge is 0.360 e. The van der Waals surface area contributed by atoms with E-state index in [-0.39, 0.29) is 23.3 Å². The molecule has 0 bridgehead atoms. The minimum atomic E-state index is -0.444. The van der Waals surface area contributed by atoms with Crippen LogP contribution in [0.2, 0.25) is 0 Å². The molecule has 0 radical (unpaired) electrons. The molecule has 1 spiro atoms. The Morgan fingerprint density at radius 1 is 1.44 bits per heavy atom. The molecule has 0 unspecified atom stereocenters. The molecular formula is C17H25BrN4O3. The summed E-state index contributed by atoms with van der Waals surface area (Å²) in [6.45, 7) is 8.23. The fraction of sp³-hybridized carbons (Fsp3) is 0.706. The topological polar surface area (TPSA) is 90.6 Å². The van der Waals surface area contributed by atoms with Crippen LogP contribution in [0.4, 0.5) is 5.82 Å². The number of carbonyl (C=O) groups excluding carboxylic acids is 1. The number of ether oxygens (including phenoxy) is 2. The van der Waals surface area contributed by atoms with Gasteiger partial charge >= 0.3 is 5.97 Å². The van der Waals surface area contributed by atoms with E-state index in [1.54, 1.807) is 6.92 Å². The molecule has 8 heteroatoms. The molecule has 1 aromatic rings. The van der Waals surface area contributed by atoms with Crippen LogP contribution < -0.4 is 10.6 Å². The van der Waals surface area contributed by atoms with Gasteiger partial charge in [0.15, 0.2) is 11.5 Å². The second-order valence-corrected chi connectivity index (χ2v) is 7.63. The average Bonchev–Trinajstić information content (AvgIpc) is 2.87. The van der Waals surface area contributed by atoms with Gasteiger partial charge in [-0.25, -0.2) is 14.8 Å². The first-order chi connectivity index (χ1) is 11.9. The van der Waals surface area contributed by atoms with Gasteiger partial charge in [-0.05, 0) is 49.5 Å². The van der Waals surface area contributed by atoms with Crippen LogP contribution in [-0.4, -0.2) is 54.4 Å². The molecule has 138 valence electrons. The molecule has 2 saturated heterocycles. The number of aromatic nitrogens is 2. The first-order valence-electron chi connectivity index (χ1n) is 8.71. The van der Waals surface area contributed by atoms with Crippen LogP contribution in [0, 0.1) is 12.3 Å². The Morgan fingerprint density at radius 2 is 2.12 bits per heavy atom. The lowest BCUT2D eigenvalue weighted by Crippen LogP contribution is -2.51. The van der Waals surface area contributed by atoms with E-state index >= 15 is 0 Å². The van der Waals surface area contributed by atoms with E-state index in [1.807, 2.05) is 13.8 Å². The SMILES string of the molecule is CCOC(=O)c1nc(Br)c(C)nc1N1CCC2(CC1)CO[C@@H](C)[C@H]2N. The molecule has 1 aromatic heterocycles. The molecule has 0 saturated carbocycles. The molecule has 2 aliphatic rings. The summed E-state index contributed by atoms with van der Waals surface area (Å²) in [5, 5.41) is 0. The maximum Gasteiger partial charge on any atom is 0.360 e. The summed E-state index contributed by atoms with van der Waals surface area (Å²) < 4.78 is 11.5. The van der Waals surface area contributed by atoms with E-state index in [9.17, 15) is 4.79 Å². The highest BCUT2D eigenvalue weighted by atomic mass is 79.9. The zero-order valence-corrected chi connectivity index (χ0v) is 16.5. The van der Waals surface area contributed by atoms with Crippen LogP contribution >= 0.6 is 15.9 Å². The third-order valence-corrected chi connectivity index (χ3v) is 6.12. The Balaban J connectivity index is 1.83. The Kier molecular flexibility index (Phi) is 5.31. The van der Waals surface area contributed by atoms with Crippen LogP contribution in [0.3, 0.4) is 0 Å². The molecule has 3 rings (SSSR count). The highest BCUT2D eigenvalue weighted by Crippen LogP contribution is 2.42. The molecule has 25 heavy (non-hydrogen) atoms. The molecule has 2 aliphatic heterocycles. The summed E-state index contributed by atoms with van der Waals surface area (Å²) in [6.07, 6.45) is 1.92.